The Morgan fingerprint density at radius 2 is 1.60 bits per heavy atom. The van der Waals surface area contributed by atoms with E-state index in [1.165, 1.54) is 57.8 Å². The Balaban J connectivity index is 1.88. The van der Waals surface area contributed by atoms with Crippen LogP contribution >= 0.6 is 11.3 Å². The second-order valence-electron chi connectivity index (χ2n) is 8.31. The summed E-state index contributed by atoms with van der Waals surface area (Å²) in [5, 5.41) is 0. The summed E-state index contributed by atoms with van der Waals surface area (Å²) in [5.41, 5.74) is 1.33. The van der Waals surface area contributed by atoms with Crippen LogP contribution < -0.4 is 2.89 Å². The van der Waals surface area contributed by atoms with Gasteiger partial charge in [-0.15, -0.1) is 0 Å². The van der Waals surface area contributed by atoms with Gasteiger partial charge in [0.25, 0.3) is 0 Å². The Morgan fingerprint density at radius 1 is 1.00 bits per heavy atom. The first-order valence-corrected chi connectivity index (χ1v) is 15.1. The zero-order valence-electron chi connectivity index (χ0n) is 18.6. The number of benzene rings is 1. The molecule has 5 heteroatoms. The Labute approximate surface area is 195 Å². The minimum atomic E-state index is -0.790. The summed E-state index contributed by atoms with van der Waals surface area (Å²) >= 11 is 1.05. The van der Waals surface area contributed by atoms with Gasteiger partial charge in [0.05, 0.1) is 0 Å². The van der Waals surface area contributed by atoms with Crippen molar-refractivity contribution < 1.29 is 4.79 Å². The number of thiazole rings is 1. The molecule has 30 heavy (non-hydrogen) atoms. The Morgan fingerprint density at radius 3 is 2.17 bits per heavy atom. The second-order valence-corrected chi connectivity index (χ2v) is 15.7. The van der Waals surface area contributed by atoms with E-state index in [9.17, 15) is 4.79 Å². The van der Waals surface area contributed by atoms with Gasteiger partial charge in [-0.05, 0) is 0 Å². The third-order valence-corrected chi connectivity index (χ3v) is 13.1. The fourth-order valence-electron chi connectivity index (χ4n) is 4.11. The number of hydrogen-bond donors (Lipinski definition) is 0. The van der Waals surface area contributed by atoms with Crippen LogP contribution in [0.4, 0.5) is 0 Å². The molecule has 1 aromatic carbocycles. The van der Waals surface area contributed by atoms with E-state index in [-0.39, 0.29) is 5.78 Å². The molecule has 2 aromatic heterocycles. The van der Waals surface area contributed by atoms with Crippen molar-refractivity contribution in [2.75, 3.05) is 0 Å². The number of unbranched alkanes of at least 4 members (excludes halogenated alkanes) is 3. The molecule has 0 fully saturated rings. The van der Waals surface area contributed by atoms with Crippen molar-refractivity contribution in [3.8, 4) is 0 Å². The van der Waals surface area contributed by atoms with Gasteiger partial charge in [0.15, 0.2) is 0 Å². The fraction of sp³-hybridized carbons (Fsp3) is 0.520. The molecule has 0 aliphatic rings. The summed E-state index contributed by atoms with van der Waals surface area (Å²) < 4.78 is 4.22. The van der Waals surface area contributed by atoms with E-state index < -0.39 is 21.1 Å². The van der Waals surface area contributed by atoms with E-state index in [4.69, 9.17) is 0 Å². The first-order chi connectivity index (χ1) is 14.6. The third-order valence-electron chi connectivity index (χ3n) is 5.88. The van der Waals surface area contributed by atoms with Crippen molar-refractivity contribution in [3.05, 3.63) is 54.1 Å². The Kier molecular flexibility index (Phi) is 8.99. The molecule has 2 radical (unpaired) electrons. The maximum absolute atomic E-state index is 13.0. The molecule has 0 unspecified atom stereocenters. The summed E-state index contributed by atoms with van der Waals surface area (Å²) in [5.74, 6) is 0.0334. The van der Waals surface area contributed by atoms with Gasteiger partial charge in [-0.1, -0.05) is 0 Å². The van der Waals surface area contributed by atoms with Gasteiger partial charge in [-0.25, -0.2) is 0 Å². The van der Waals surface area contributed by atoms with Crippen molar-refractivity contribution in [2.45, 2.75) is 82.0 Å². The predicted molar refractivity (Wildman–Crippen MR) is 130 cm³/mol. The summed E-state index contributed by atoms with van der Waals surface area (Å²) in [6.07, 6.45) is 16.2. The molecule has 0 bridgehead atoms. The van der Waals surface area contributed by atoms with Gasteiger partial charge in [0.2, 0.25) is 0 Å². The average Bonchev–Trinajstić information content (AvgIpc) is 3.35. The average molecular weight is 529 g/mol. The van der Waals surface area contributed by atoms with Crippen LogP contribution in [0.2, 0.25) is 3.43 Å². The molecule has 0 amide bonds. The topological polar surface area (TPSA) is 34.4 Å². The quantitative estimate of drug-likeness (QED) is 0.183. The molecular formula is C25H34N2OSSn. The molecule has 0 aliphatic carbocycles. The van der Waals surface area contributed by atoms with Gasteiger partial charge in [-0.3, -0.25) is 0 Å². The van der Waals surface area contributed by atoms with E-state index in [2.05, 4.69) is 36.4 Å². The summed E-state index contributed by atoms with van der Waals surface area (Å²) in [4.78, 5) is 18.5. The summed E-state index contributed by atoms with van der Waals surface area (Å²) in [6, 6.07) is 9.53. The molecule has 2 heterocycles. The molecule has 0 spiro atoms. The minimum absolute atomic E-state index is 0.0334. The first-order valence-electron chi connectivity index (χ1n) is 11.5. The van der Waals surface area contributed by atoms with Crippen LogP contribution in [-0.2, 0) is 0 Å². The number of aromatic nitrogens is 2. The zero-order chi connectivity index (χ0) is 21.4. The Hall–Kier alpha value is -1.14. The van der Waals surface area contributed by atoms with E-state index >= 15 is 0 Å². The summed E-state index contributed by atoms with van der Waals surface area (Å²) in [7, 11) is 0. The Bertz CT molecular complexity index is 909. The summed E-state index contributed by atoms with van der Waals surface area (Å²) in [6.45, 7) is 6.95. The number of ketones is 1. The van der Waals surface area contributed by atoms with E-state index in [0.717, 1.165) is 10.4 Å². The van der Waals surface area contributed by atoms with Gasteiger partial charge >= 0.3 is 196 Å². The van der Waals surface area contributed by atoms with Gasteiger partial charge in [0, 0.05) is 0 Å². The van der Waals surface area contributed by atoms with E-state index in [1.807, 2.05) is 48.0 Å². The maximum atomic E-state index is 13.0. The molecule has 3 aromatic rings. The number of rotatable bonds is 13. The predicted octanol–water partition coefficient (Wildman–Crippen LogP) is 6.69. The number of nitrogens with zero attached hydrogens (tertiary/aromatic N) is 2. The van der Waals surface area contributed by atoms with Crippen LogP contribution in [0.5, 0.6) is 0 Å². The molecule has 0 saturated carbocycles. The van der Waals surface area contributed by atoms with Crippen LogP contribution in [0.3, 0.4) is 0 Å². The number of carbonyl (C=O) groups excluding carboxylic acids is 1. The molecule has 0 N–H and O–H groups in total. The van der Waals surface area contributed by atoms with Crippen molar-refractivity contribution >= 4 is 46.0 Å². The van der Waals surface area contributed by atoms with Crippen LogP contribution in [0.1, 0.15) is 94.6 Å². The molecule has 0 aliphatic heterocycles. The van der Waals surface area contributed by atoms with Crippen LogP contribution in [0.15, 0.2) is 42.9 Å². The molecular weight excluding hydrogens is 495 g/mol. The molecule has 0 saturated heterocycles. The van der Waals surface area contributed by atoms with Gasteiger partial charge < -0.3 is 0 Å². The van der Waals surface area contributed by atoms with Crippen LogP contribution in [0, 0.1) is 0 Å². The monoisotopic (exact) mass is 530 g/mol. The molecule has 3 nitrogen and oxygen atoms in total. The molecule has 0 atom stereocenters. The zero-order valence-corrected chi connectivity index (χ0v) is 22.3. The van der Waals surface area contributed by atoms with Gasteiger partial charge in [0.1, 0.15) is 0 Å². The molecule has 160 valence electrons. The standard InChI is InChI=1S/C13H27.C12H7N2OS.Sn/c1-4-7-10-13(11-8-5-2)12-9-6-3;15-11(9-4-2-1-3-5-9)10-12-14(8-13-10)6-7-16-12;/h4-12H2,1-3H3;1-6,8H;. The van der Waals surface area contributed by atoms with E-state index in [0.29, 0.717) is 9.12 Å². The second kappa shape index (κ2) is 11.5. The fourth-order valence-corrected chi connectivity index (χ4v) is 12.4. The number of fused-ring (bicyclic) bond motifs is 1. The van der Waals surface area contributed by atoms with Gasteiger partial charge in [-0.2, -0.15) is 0 Å². The molecule has 3 rings (SSSR count). The first kappa shape index (κ1) is 23.5. The normalized spacial score (nSPS) is 12.0. The van der Waals surface area contributed by atoms with Crippen molar-refractivity contribution in [3.63, 3.8) is 0 Å². The van der Waals surface area contributed by atoms with Crippen LogP contribution in [0.25, 0.3) is 4.83 Å². The van der Waals surface area contributed by atoms with E-state index in [1.54, 1.807) is 2.89 Å². The number of carbonyl (C=O) groups is 1. The number of hydrogen-bond acceptors (Lipinski definition) is 3. The third kappa shape index (κ3) is 5.76. The SMILES string of the molecule is CCCC[C](CCCC)(CCCC)[Sn][c]1cn2cnc(C(=O)c3ccccc3)c2s1. The van der Waals surface area contributed by atoms with Crippen molar-refractivity contribution in [1.29, 1.82) is 0 Å². The van der Waals surface area contributed by atoms with Crippen molar-refractivity contribution in [1.82, 2.24) is 9.38 Å². The van der Waals surface area contributed by atoms with Crippen molar-refractivity contribution in [2.24, 2.45) is 0 Å². The van der Waals surface area contributed by atoms with Crippen LogP contribution in [-0.4, -0.2) is 36.3 Å². The number of imidazole rings is 1.